The normalized spacial score (nSPS) is 20.7. The van der Waals surface area contributed by atoms with Crippen LogP contribution in [-0.4, -0.2) is 62.1 Å². The first-order valence-electron chi connectivity index (χ1n) is 14.7. The number of hydrogen-bond donors (Lipinski definition) is 0. The molecule has 2 aliphatic heterocycles. The molecule has 4 unspecified atom stereocenters. The molecule has 218 valence electrons. The highest BCUT2D eigenvalue weighted by molar-refractivity contribution is 6.30. The molecule has 0 N–H and O–H groups in total. The number of hydrogen-bond acceptors (Lipinski definition) is 5. The van der Waals surface area contributed by atoms with Gasteiger partial charge in [-0.3, -0.25) is 9.69 Å². The van der Waals surface area contributed by atoms with Gasteiger partial charge in [-0.05, 0) is 99.4 Å². The van der Waals surface area contributed by atoms with E-state index in [1.807, 2.05) is 35.2 Å². The van der Waals surface area contributed by atoms with Gasteiger partial charge in [-0.25, -0.2) is 0 Å². The van der Waals surface area contributed by atoms with E-state index in [9.17, 15) is 4.79 Å². The van der Waals surface area contributed by atoms with Gasteiger partial charge in [0.25, 0.3) is 0 Å². The first-order valence-corrected chi connectivity index (χ1v) is 15.0. The first-order chi connectivity index (χ1) is 19.7. The number of anilines is 1. The van der Waals surface area contributed by atoms with Crippen LogP contribution in [0.15, 0.2) is 60.7 Å². The van der Waals surface area contributed by atoms with Crippen LogP contribution < -0.4 is 14.4 Å². The minimum Gasteiger partial charge on any atom is -0.493 e. The number of nitrogens with zero attached hydrogens (tertiary/aromatic N) is 3. The minimum absolute atomic E-state index is 0.0374. The quantitative estimate of drug-likeness (QED) is 0.278. The highest BCUT2D eigenvalue weighted by atomic mass is 35.5. The van der Waals surface area contributed by atoms with Crippen LogP contribution in [0.5, 0.6) is 11.5 Å². The third-order valence-electron chi connectivity index (χ3n) is 8.80. The molecule has 0 aromatic heterocycles. The van der Waals surface area contributed by atoms with E-state index in [1.54, 1.807) is 7.11 Å². The molecule has 0 aliphatic carbocycles. The maximum absolute atomic E-state index is 13.9. The van der Waals surface area contributed by atoms with Gasteiger partial charge in [-0.1, -0.05) is 42.8 Å². The van der Waals surface area contributed by atoms with Crippen molar-refractivity contribution in [3.05, 3.63) is 87.9 Å². The Hall–Kier alpha value is -3.06. The predicted molar refractivity (Wildman–Crippen MR) is 166 cm³/mol. The van der Waals surface area contributed by atoms with Gasteiger partial charge in [-0.15, -0.1) is 0 Å². The minimum atomic E-state index is -0.323. The molecular formula is C34H42ClN3O3. The Kier molecular flexibility index (Phi) is 8.93. The molecule has 4 atom stereocenters. The maximum atomic E-state index is 13.9. The van der Waals surface area contributed by atoms with Crippen LogP contribution in [0.25, 0.3) is 0 Å². The Balaban J connectivity index is 1.52. The molecule has 0 saturated carbocycles. The van der Waals surface area contributed by atoms with Gasteiger partial charge in [0.15, 0.2) is 11.5 Å². The molecule has 0 spiro atoms. The van der Waals surface area contributed by atoms with Crippen LogP contribution in [0, 0.1) is 0 Å². The van der Waals surface area contributed by atoms with Crippen LogP contribution in [0.4, 0.5) is 5.69 Å². The second-order valence-electron chi connectivity index (χ2n) is 11.6. The van der Waals surface area contributed by atoms with Crippen LogP contribution in [0.3, 0.4) is 0 Å². The van der Waals surface area contributed by atoms with Gasteiger partial charge >= 0.3 is 0 Å². The Morgan fingerprint density at radius 1 is 1.02 bits per heavy atom. The van der Waals surface area contributed by atoms with Crippen LogP contribution >= 0.6 is 11.6 Å². The van der Waals surface area contributed by atoms with Gasteiger partial charge in [0.1, 0.15) is 0 Å². The molecule has 3 aromatic carbocycles. The summed E-state index contributed by atoms with van der Waals surface area (Å²) in [6.07, 6.45) is 2.39. The van der Waals surface area contributed by atoms with Crippen molar-refractivity contribution in [2.75, 3.05) is 39.2 Å². The summed E-state index contributed by atoms with van der Waals surface area (Å²) in [5.74, 6) is 1.39. The lowest BCUT2D eigenvalue weighted by Gasteiger charge is -2.38. The number of halogens is 1. The average molecular weight is 576 g/mol. The van der Waals surface area contributed by atoms with Crippen molar-refractivity contribution in [1.29, 1.82) is 0 Å². The van der Waals surface area contributed by atoms with Gasteiger partial charge in [0.2, 0.25) is 5.91 Å². The van der Waals surface area contributed by atoms with E-state index in [2.05, 4.69) is 75.0 Å². The zero-order chi connectivity index (χ0) is 29.3. The molecule has 0 bridgehead atoms. The third kappa shape index (κ3) is 6.11. The van der Waals surface area contributed by atoms with E-state index in [0.717, 1.165) is 41.9 Å². The number of fused-ring (bicyclic) bond motifs is 1. The molecule has 6 nitrogen and oxygen atoms in total. The van der Waals surface area contributed by atoms with Crippen molar-refractivity contribution >= 4 is 23.2 Å². The number of likely N-dealkylation sites (N-methyl/N-ethyl adjacent to an activating group) is 1. The molecule has 7 heteroatoms. The number of rotatable bonds is 9. The summed E-state index contributed by atoms with van der Waals surface area (Å²) in [7, 11) is 5.96. The molecular weight excluding hydrogens is 534 g/mol. The van der Waals surface area contributed by atoms with E-state index in [4.69, 9.17) is 21.1 Å². The number of ether oxygens (including phenoxy) is 2. The van der Waals surface area contributed by atoms with Gasteiger partial charge in [0.05, 0.1) is 25.7 Å². The number of carbonyl (C=O) groups is 1. The number of likely N-dealkylation sites (tertiary alicyclic amines) is 1. The van der Waals surface area contributed by atoms with Crippen molar-refractivity contribution in [1.82, 2.24) is 9.80 Å². The van der Waals surface area contributed by atoms with E-state index in [1.165, 1.54) is 12.0 Å². The fraction of sp³-hybridized carbons (Fsp3) is 0.441. The summed E-state index contributed by atoms with van der Waals surface area (Å²) in [4.78, 5) is 20.7. The lowest BCUT2D eigenvalue weighted by atomic mass is 9.86. The zero-order valence-electron chi connectivity index (χ0n) is 25.1. The summed E-state index contributed by atoms with van der Waals surface area (Å²) < 4.78 is 12.0. The summed E-state index contributed by atoms with van der Waals surface area (Å²) in [5, 5.41) is 0.662. The summed E-state index contributed by atoms with van der Waals surface area (Å²) in [6.45, 7) is 8.59. The SMILES string of the molecule is CCC(C)Oc1cc2c(cc1OC)CC(=O)N(c1ccc(C(C)N3CCC(N(C)C)C3)cc1)C2c1ccc(Cl)cc1. The van der Waals surface area contributed by atoms with E-state index < -0.39 is 0 Å². The van der Waals surface area contributed by atoms with Crippen molar-refractivity contribution in [3.8, 4) is 11.5 Å². The topological polar surface area (TPSA) is 45.3 Å². The van der Waals surface area contributed by atoms with E-state index >= 15 is 0 Å². The predicted octanol–water partition coefficient (Wildman–Crippen LogP) is 6.90. The number of methoxy groups -OCH3 is 1. The molecule has 41 heavy (non-hydrogen) atoms. The maximum Gasteiger partial charge on any atom is 0.232 e. The number of benzene rings is 3. The largest absolute Gasteiger partial charge is 0.493 e. The smallest absolute Gasteiger partial charge is 0.232 e. The van der Waals surface area contributed by atoms with Gasteiger partial charge < -0.3 is 19.3 Å². The molecule has 1 fully saturated rings. The lowest BCUT2D eigenvalue weighted by molar-refractivity contribution is -0.118. The molecule has 2 aliphatic rings. The monoisotopic (exact) mass is 575 g/mol. The van der Waals surface area contributed by atoms with E-state index in [-0.39, 0.29) is 24.5 Å². The van der Waals surface area contributed by atoms with Gasteiger partial charge in [-0.2, -0.15) is 0 Å². The van der Waals surface area contributed by atoms with Crippen molar-refractivity contribution in [3.63, 3.8) is 0 Å². The summed E-state index contributed by atoms with van der Waals surface area (Å²) in [6, 6.07) is 20.9. The van der Waals surface area contributed by atoms with Gasteiger partial charge in [0, 0.05) is 35.9 Å². The zero-order valence-corrected chi connectivity index (χ0v) is 25.8. The lowest BCUT2D eigenvalue weighted by Crippen LogP contribution is -2.41. The molecule has 3 aromatic rings. The number of amides is 1. The van der Waals surface area contributed by atoms with E-state index in [0.29, 0.717) is 28.6 Å². The highest BCUT2D eigenvalue weighted by Crippen LogP contribution is 2.44. The molecule has 1 amide bonds. The Morgan fingerprint density at radius 2 is 1.73 bits per heavy atom. The average Bonchev–Trinajstić information content (AvgIpc) is 3.47. The molecule has 5 rings (SSSR count). The second kappa shape index (κ2) is 12.4. The Labute approximate surface area is 249 Å². The Bertz CT molecular complexity index is 1360. The van der Waals surface area contributed by atoms with Crippen LogP contribution in [0.2, 0.25) is 5.02 Å². The summed E-state index contributed by atoms with van der Waals surface area (Å²) >= 11 is 6.27. The fourth-order valence-electron chi connectivity index (χ4n) is 6.04. The van der Waals surface area contributed by atoms with Crippen LogP contribution in [-0.2, 0) is 11.2 Å². The van der Waals surface area contributed by atoms with Crippen molar-refractivity contribution < 1.29 is 14.3 Å². The van der Waals surface area contributed by atoms with Crippen molar-refractivity contribution in [2.24, 2.45) is 0 Å². The molecule has 0 radical (unpaired) electrons. The van der Waals surface area contributed by atoms with Crippen LogP contribution in [0.1, 0.15) is 68.0 Å². The van der Waals surface area contributed by atoms with Crippen molar-refractivity contribution in [2.45, 2.75) is 64.3 Å². The standard InChI is InChI=1S/C34H42ClN3O3/c1-7-22(2)41-32-20-30-26(18-31(32)40-6)19-33(39)38(34(30)25-8-12-27(35)13-9-25)28-14-10-24(11-15-28)23(3)37-17-16-29(21-37)36(4)5/h8-15,18,20,22-23,29,34H,7,16-17,19,21H2,1-6H3. The molecule has 2 heterocycles. The first kappa shape index (κ1) is 29.4. The Morgan fingerprint density at radius 3 is 2.34 bits per heavy atom. The third-order valence-corrected chi connectivity index (χ3v) is 9.06. The highest BCUT2D eigenvalue weighted by Gasteiger charge is 2.36. The fourth-order valence-corrected chi connectivity index (χ4v) is 6.17. The summed E-state index contributed by atoms with van der Waals surface area (Å²) in [5.41, 5.74) is 5.12. The second-order valence-corrected chi connectivity index (χ2v) is 12.0. The molecule has 1 saturated heterocycles. The number of carbonyl (C=O) groups excluding carboxylic acids is 1.